The molecule has 1 atom stereocenters. The first-order valence-corrected chi connectivity index (χ1v) is 9.00. The number of para-hydroxylation sites is 1. The molecule has 4 rings (SSSR count). The molecule has 0 unspecified atom stereocenters. The molecule has 1 N–H and O–H groups in total. The second-order valence-electron chi connectivity index (χ2n) is 7.27. The van der Waals surface area contributed by atoms with Gasteiger partial charge in [-0.05, 0) is 38.2 Å². The molecule has 3 aliphatic rings. The number of ether oxygens (including phenoxy) is 1. The Morgan fingerprint density at radius 2 is 2.04 bits per heavy atom. The molecule has 5 nitrogen and oxygen atoms in total. The van der Waals surface area contributed by atoms with Gasteiger partial charge in [-0.3, -0.25) is 9.59 Å². The van der Waals surface area contributed by atoms with Crippen molar-refractivity contribution in [3.05, 3.63) is 29.8 Å². The zero-order valence-electron chi connectivity index (χ0n) is 13.9. The first-order valence-electron chi connectivity index (χ1n) is 9.00. The lowest BCUT2D eigenvalue weighted by molar-refractivity contribution is -0.133. The predicted octanol–water partition coefficient (Wildman–Crippen LogP) is 2.56. The monoisotopic (exact) mass is 328 g/mol. The van der Waals surface area contributed by atoms with Crippen molar-refractivity contribution in [3.63, 3.8) is 0 Å². The molecule has 0 bridgehead atoms. The predicted molar refractivity (Wildman–Crippen MR) is 89.6 cm³/mol. The number of rotatable bonds is 3. The quantitative estimate of drug-likeness (QED) is 0.928. The molecule has 2 fully saturated rings. The van der Waals surface area contributed by atoms with Crippen molar-refractivity contribution in [1.82, 2.24) is 10.2 Å². The van der Waals surface area contributed by atoms with Crippen molar-refractivity contribution in [2.45, 2.75) is 56.6 Å². The third kappa shape index (κ3) is 2.87. The molecule has 1 aromatic rings. The number of fused-ring (bicyclic) bond motifs is 1. The minimum atomic E-state index is -0.129. The highest BCUT2D eigenvalue weighted by Gasteiger charge is 2.43. The second kappa shape index (κ2) is 6.11. The molecule has 2 amide bonds. The Labute approximate surface area is 142 Å². The van der Waals surface area contributed by atoms with Gasteiger partial charge < -0.3 is 15.0 Å². The molecule has 1 aliphatic carbocycles. The van der Waals surface area contributed by atoms with Gasteiger partial charge in [-0.25, -0.2) is 0 Å². The standard InChI is InChI=1S/C19H24N2O3/c22-17(13-21-11-5-8-18(21)23)20-15-12-19(9-3-4-10-19)24-16-7-2-1-6-14(15)16/h1-2,6-7,15H,3-5,8-13H2,(H,20,22)/t15-/m1/s1. The summed E-state index contributed by atoms with van der Waals surface area (Å²) in [4.78, 5) is 25.9. The van der Waals surface area contributed by atoms with Crippen LogP contribution in [0.3, 0.4) is 0 Å². The van der Waals surface area contributed by atoms with Gasteiger partial charge in [0.15, 0.2) is 0 Å². The van der Waals surface area contributed by atoms with Crippen LogP contribution in [0.1, 0.15) is 56.6 Å². The Kier molecular flexibility index (Phi) is 3.94. The molecule has 1 saturated carbocycles. The van der Waals surface area contributed by atoms with Crippen LogP contribution in [0.4, 0.5) is 0 Å². The van der Waals surface area contributed by atoms with Gasteiger partial charge >= 0.3 is 0 Å². The summed E-state index contributed by atoms with van der Waals surface area (Å²) < 4.78 is 6.33. The number of hydrogen-bond donors (Lipinski definition) is 1. The molecule has 0 radical (unpaired) electrons. The Morgan fingerprint density at radius 3 is 2.79 bits per heavy atom. The zero-order valence-corrected chi connectivity index (χ0v) is 13.9. The van der Waals surface area contributed by atoms with Crippen LogP contribution < -0.4 is 10.1 Å². The minimum Gasteiger partial charge on any atom is -0.487 e. The second-order valence-corrected chi connectivity index (χ2v) is 7.27. The molecular weight excluding hydrogens is 304 g/mol. The van der Waals surface area contributed by atoms with Crippen LogP contribution in [-0.4, -0.2) is 35.4 Å². The fourth-order valence-electron chi connectivity index (χ4n) is 4.36. The third-order valence-corrected chi connectivity index (χ3v) is 5.55. The summed E-state index contributed by atoms with van der Waals surface area (Å²) in [7, 11) is 0. The van der Waals surface area contributed by atoms with Crippen molar-refractivity contribution >= 4 is 11.8 Å². The molecule has 1 aromatic carbocycles. The molecule has 24 heavy (non-hydrogen) atoms. The van der Waals surface area contributed by atoms with Crippen LogP contribution in [0.5, 0.6) is 5.75 Å². The maximum atomic E-state index is 12.5. The number of nitrogens with one attached hydrogen (secondary N) is 1. The fourth-order valence-corrected chi connectivity index (χ4v) is 4.36. The van der Waals surface area contributed by atoms with E-state index in [9.17, 15) is 9.59 Å². The maximum absolute atomic E-state index is 12.5. The third-order valence-electron chi connectivity index (χ3n) is 5.55. The van der Waals surface area contributed by atoms with Gasteiger partial charge in [0.2, 0.25) is 11.8 Å². The lowest BCUT2D eigenvalue weighted by Gasteiger charge is -2.40. The van der Waals surface area contributed by atoms with E-state index in [-0.39, 0.29) is 30.0 Å². The summed E-state index contributed by atoms with van der Waals surface area (Å²) >= 11 is 0. The van der Waals surface area contributed by atoms with Gasteiger partial charge in [-0.1, -0.05) is 18.2 Å². The summed E-state index contributed by atoms with van der Waals surface area (Å²) in [5, 5.41) is 3.16. The molecule has 0 aromatic heterocycles. The molecule has 128 valence electrons. The fraction of sp³-hybridized carbons (Fsp3) is 0.579. The van der Waals surface area contributed by atoms with E-state index in [1.165, 1.54) is 12.8 Å². The number of amides is 2. The van der Waals surface area contributed by atoms with Crippen LogP contribution in [0.15, 0.2) is 24.3 Å². The van der Waals surface area contributed by atoms with Gasteiger partial charge in [0.1, 0.15) is 11.4 Å². The Hall–Kier alpha value is -2.04. The summed E-state index contributed by atoms with van der Waals surface area (Å²) in [6.07, 6.45) is 6.72. The SMILES string of the molecule is O=C(CN1CCCC1=O)N[C@@H]1CC2(CCCC2)Oc2ccccc21. The summed E-state index contributed by atoms with van der Waals surface area (Å²) in [5.74, 6) is 0.915. The minimum absolute atomic E-state index is 0.0294. The smallest absolute Gasteiger partial charge is 0.240 e. The van der Waals surface area contributed by atoms with E-state index in [2.05, 4.69) is 5.32 Å². The highest BCUT2D eigenvalue weighted by Crippen LogP contribution is 2.46. The first kappa shape index (κ1) is 15.5. The van der Waals surface area contributed by atoms with Crippen molar-refractivity contribution in [3.8, 4) is 5.75 Å². The van der Waals surface area contributed by atoms with Gasteiger partial charge in [0, 0.05) is 24.9 Å². The van der Waals surface area contributed by atoms with Crippen LogP contribution in [0.2, 0.25) is 0 Å². The lowest BCUT2D eigenvalue weighted by Crippen LogP contribution is -2.45. The van der Waals surface area contributed by atoms with Gasteiger partial charge in [-0.15, -0.1) is 0 Å². The van der Waals surface area contributed by atoms with E-state index in [0.717, 1.165) is 37.0 Å². The highest BCUT2D eigenvalue weighted by molar-refractivity contribution is 5.86. The van der Waals surface area contributed by atoms with E-state index in [1.54, 1.807) is 4.90 Å². The number of carbonyl (C=O) groups excluding carboxylic acids is 2. The average Bonchev–Trinajstić information content (AvgIpc) is 3.17. The van der Waals surface area contributed by atoms with Crippen LogP contribution in [0.25, 0.3) is 0 Å². The van der Waals surface area contributed by atoms with Crippen molar-refractivity contribution < 1.29 is 14.3 Å². The molecular formula is C19H24N2O3. The van der Waals surface area contributed by atoms with Crippen LogP contribution in [-0.2, 0) is 9.59 Å². The molecule has 1 spiro atoms. The first-order chi connectivity index (χ1) is 11.7. The van der Waals surface area contributed by atoms with Crippen LogP contribution in [0, 0.1) is 0 Å². The van der Waals surface area contributed by atoms with E-state index >= 15 is 0 Å². The van der Waals surface area contributed by atoms with Gasteiger partial charge in [0.25, 0.3) is 0 Å². The van der Waals surface area contributed by atoms with Crippen LogP contribution >= 0.6 is 0 Å². The van der Waals surface area contributed by atoms with E-state index in [1.807, 2.05) is 24.3 Å². The highest BCUT2D eigenvalue weighted by atomic mass is 16.5. The number of carbonyl (C=O) groups is 2. The molecule has 2 heterocycles. The maximum Gasteiger partial charge on any atom is 0.240 e. The molecule has 2 aliphatic heterocycles. The molecule has 1 saturated heterocycles. The largest absolute Gasteiger partial charge is 0.487 e. The molecule has 5 heteroatoms. The Morgan fingerprint density at radius 1 is 1.25 bits per heavy atom. The van der Waals surface area contributed by atoms with Crippen molar-refractivity contribution in [2.75, 3.05) is 13.1 Å². The van der Waals surface area contributed by atoms with E-state index in [0.29, 0.717) is 13.0 Å². The van der Waals surface area contributed by atoms with Gasteiger partial charge in [0.05, 0.1) is 12.6 Å². The zero-order chi connectivity index (χ0) is 16.6. The lowest BCUT2D eigenvalue weighted by atomic mass is 9.86. The number of hydrogen-bond acceptors (Lipinski definition) is 3. The van der Waals surface area contributed by atoms with Crippen molar-refractivity contribution in [2.24, 2.45) is 0 Å². The van der Waals surface area contributed by atoms with Crippen molar-refractivity contribution in [1.29, 1.82) is 0 Å². The Balaban J connectivity index is 1.50. The topological polar surface area (TPSA) is 58.6 Å². The normalized spacial score (nSPS) is 24.8. The summed E-state index contributed by atoms with van der Waals surface area (Å²) in [6, 6.07) is 7.96. The average molecular weight is 328 g/mol. The number of nitrogens with zero attached hydrogens (tertiary/aromatic N) is 1. The summed E-state index contributed by atoms with van der Waals surface area (Å²) in [6.45, 7) is 0.867. The number of likely N-dealkylation sites (tertiary alicyclic amines) is 1. The van der Waals surface area contributed by atoms with E-state index in [4.69, 9.17) is 4.74 Å². The van der Waals surface area contributed by atoms with E-state index < -0.39 is 0 Å². The number of benzene rings is 1. The summed E-state index contributed by atoms with van der Waals surface area (Å²) in [5.41, 5.74) is 0.923. The van der Waals surface area contributed by atoms with Gasteiger partial charge in [-0.2, -0.15) is 0 Å². The Bertz CT molecular complexity index is 652.